The molecule has 0 saturated heterocycles. The number of halogens is 1. The summed E-state index contributed by atoms with van der Waals surface area (Å²) in [6.45, 7) is 1.86. The van der Waals surface area contributed by atoms with E-state index in [-0.39, 0.29) is 10.6 Å². The Morgan fingerprint density at radius 3 is 2.33 bits per heavy atom. The zero-order chi connectivity index (χ0) is 23.5. The van der Waals surface area contributed by atoms with Crippen LogP contribution in [0.2, 0.25) is 5.02 Å². The van der Waals surface area contributed by atoms with Gasteiger partial charge in [-0.1, -0.05) is 47.6 Å². The Balaban J connectivity index is 1.79. The topological polar surface area (TPSA) is 67.9 Å². The molecule has 0 unspecified atom stereocenters. The third kappa shape index (κ3) is 4.55. The standard InChI is InChI=1S/C25H21ClN2O4S/c1-15-9-10-16(13-19(15)26)28-24(29)22(23(25(28)30)33-18-7-5-4-6-8-18)27-20-14-17(31-2)11-12-21(20)32-3/h4-14,27H,1-3H3. The molecule has 0 saturated carbocycles. The van der Waals surface area contributed by atoms with Gasteiger partial charge in [0.25, 0.3) is 11.8 Å². The Labute approximate surface area is 201 Å². The fourth-order valence-corrected chi connectivity index (χ4v) is 4.45. The van der Waals surface area contributed by atoms with Gasteiger partial charge < -0.3 is 14.8 Å². The van der Waals surface area contributed by atoms with Gasteiger partial charge in [0.2, 0.25) is 0 Å². The molecule has 1 aliphatic heterocycles. The predicted octanol–water partition coefficient (Wildman–Crippen LogP) is 5.65. The zero-order valence-electron chi connectivity index (χ0n) is 18.2. The van der Waals surface area contributed by atoms with Gasteiger partial charge in [0, 0.05) is 16.0 Å². The van der Waals surface area contributed by atoms with Crippen molar-refractivity contribution in [2.24, 2.45) is 0 Å². The Morgan fingerprint density at radius 2 is 1.67 bits per heavy atom. The number of amides is 2. The van der Waals surface area contributed by atoms with E-state index in [9.17, 15) is 9.59 Å². The van der Waals surface area contributed by atoms with Gasteiger partial charge in [-0.05, 0) is 48.9 Å². The van der Waals surface area contributed by atoms with Crippen LogP contribution in [0.15, 0.2) is 82.2 Å². The Bertz CT molecular complexity index is 1260. The molecule has 3 aromatic carbocycles. The number of thioether (sulfide) groups is 1. The molecule has 6 nitrogen and oxygen atoms in total. The zero-order valence-corrected chi connectivity index (χ0v) is 19.8. The number of nitrogens with one attached hydrogen (secondary N) is 1. The van der Waals surface area contributed by atoms with E-state index >= 15 is 0 Å². The van der Waals surface area contributed by atoms with Crippen molar-refractivity contribution in [2.45, 2.75) is 11.8 Å². The van der Waals surface area contributed by atoms with E-state index in [0.717, 1.165) is 15.4 Å². The number of rotatable bonds is 7. The van der Waals surface area contributed by atoms with Crippen molar-refractivity contribution in [2.75, 3.05) is 24.4 Å². The van der Waals surface area contributed by atoms with E-state index < -0.39 is 11.8 Å². The first-order valence-electron chi connectivity index (χ1n) is 10.0. The molecule has 4 rings (SSSR count). The fourth-order valence-electron chi connectivity index (χ4n) is 3.32. The molecule has 3 aromatic rings. The molecule has 0 aromatic heterocycles. The highest BCUT2D eigenvalue weighted by Gasteiger charge is 2.40. The lowest BCUT2D eigenvalue weighted by Crippen LogP contribution is -2.32. The Hall–Kier alpha value is -3.42. The lowest BCUT2D eigenvalue weighted by atomic mass is 10.2. The van der Waals surface area contributed by atoms with Crippen LogP contribution in [0.5, 0.6) is 11.5 Å². The van der Waals surface area contributed by atoms with E-state index in [1.54, 1.807) is 43.5 Å². The average Bonchev–Trinajstić information content (AvgIpc) is 3.05. The molecule has 0 aliphatic carbocycles. The molecule has 0 spiro atoms. The number of hydrogen-bond donors (Lipinski definition) is 1. The molecule has 0 radical (unpaired) electrons. The number of hydrogen-bond acceptors (Lipinski definition) is 6. The molecule has 1 heterocycles. The second-order valence-corrected chi connectivity index (χ2v) is 8.68. The molecule has 2 amide bonds. The van der Waals surface area contributed by atoms with Gasteiger partial charge >= 0.3 is 0 Å². The molecular formula is C25H21ClN2O4S. The maximum atomic E-state index is 13.5. The number of ether oxygens (including phenoxy) is 2. The van der Waals surface area contributed by atoms with Crippen LogP contribution in [0.25, 0.3) is 0 Å². The molecule has 33 heavy (non-hydrogen) atoms. The number of methoxy groups -OCH3 is 2. The normalized spacial score (nSPS) is 13.5. The average molecular weight is 481 g/mol. The van der Waals surface area contributed by atoms with Crippen LogP contribution < -0.4 is 19.7 Å². The van der Waals surface area contributed by atoms with Crippen molar-refractivity contribution in [3.05, 3.63) is 87.9 Å². The Morgan fingerprint density at radius 1 is 0.909 bits per heavy atom. The summed E-state index contributed by atoms with van der Waals surface area (Å²) in [7, 11) is 3.08. The summed E-state index contributed by atoms with van der Waals surface area (Å²) >= 11 is 7.50. The van der Waals surface area contributed by atoms with Crippen molar-refractivity contribution in [3.8, 4) is 11.5 Å². The molecular weight excluding hydrogens is 460 g/mol. The summed E-state index contributed by atoms with van der Waals surface area (Å²) in [6, 6.07) is 19.7. The van der Waals surface area contributed by atoms with Crippen molar-refractivity contribution in [1.82, 2.24) is 0 Å². The number of nitrogens with zero attached hydrogens (tertiary/aromatic N) is 1. The minimum absolute atomic E-state index is 0.150. The molecule has 8 heteroatoms. The summed E-state index contributed by atoms with van der Waals surface area (Å²) in [5, 5.41) is 3.59. The van der Waals surface area contributed by atoms with Crippen molar-refractivity contribution < 1.29 is 19.1 Å². The van der Waals surface area contributed by atoms with Gasteiger partial charge in [-0.25, -0.2) is 4.90 Å². The first-order valence-corrected chi connectivity index (χ1v) is 11.2. The molecule has 0 bridgehead atoms. The van der Waals surface area contributed by atoms with Crippen molar-refractivity contribution in [1.29, 1.82) is 0 Å². The predicted molar refractivity (Wildman–Crippen MR) is 131 cm³/mol. The van der Waals surface area contributed by atoms with Gasteiger partial charge in [-0.2, -0.15) is 0 Å². The van der Waals surface area contributed by atoms with Crippen LogP contribution >= 0.6 is 23.4 Å². The van der Waals surface area contributed by atoms with E-state index in [2.05, 4.69) is 5.32 Å². The van der Waals surface area contributed by atoms with Crippen LogP contribution in [0.4, 0.5) is 11.4 Å². The van der Waals surface area contributed by atoms with Gasteiger partial charge in [-0.15, -0.1) is 0 Å². The van der Waals surface area contributed by atoms with E-state index in [1.807, 2.05) is 37.3 Å². The summed E-state index contributed by atoms with van der Waals surface area (Å²) in [4.78, 5) is 29.2. The van der Waals surface area contributed by atoms with Crippen molar-refractivity contribution >= 4 is 46.6 Å². The highest BCUT2D eigenvalue weighted by atomic mass is 35.5. The number of benzene rings is 3. The minimum atomic E-state index is -0.483. The van der Waals surface area contributed by atoms with Crippen LogP contribution in [-0.2, 0) is 9.59 Å². The summed E-state index contributed by atoms with van der Waals surface area (Å²) in [6.07, 6.45) is 0. The van der Waals surface area contributed by atoms with Gasteiger partial charge in [0.05, 0.1) is 25.6 Å². The summed E-state index contributed by atoms with van der Waals surface area (Å²) in [5.74, 6) is 0.168. The van der Waals surface area contributed by atoms with Crippen molar-refractivity contribution in [3.63, 3.8) is 0 Å². The lowest BCUT2D eigenvalue weighted by Gasteiger charge is -2.17. The second kappa shape index (κ2) is 9.60. The number of anilines is 2. The van der Waals surface area contributed by atoms with Gasteiger partial charge in [0.1, 0.15) is 22.1 Å². The minimum Gasteiger partial charge on any atom is -0.497 e. The van der Waals surface area contributed by atoms with Crippen LogP contribution in [0.3, 0.4) is 0 Å². The van der Waals surface area contributed by atoms with E-state index in [1.165, 1.54) is 18.9 Å². The lowest BCUT2D eigenvalue weighted by molar-refractivity contribution is -0.120. The smallest absolute Gasteiger partial charge is 0.283 e. The number of aryl methyl sites for hydroxylation is 1. The highest BCUT2D eigenvalue weighted by Crippen LogP contribution is 2.40. The molecule has 1 N–H and O–H groups in total. The fraction of sp³-hybridized carbons (Fsp3) is 0.120. The summed E-state index contributed by atoms with van der Waals surface area (Å²) in [5.41, 5.74) is 1.91. The quantitative estimate of drug-likeness (QED) is 0.440. The van der Waals surface area contributed by atoms with Gasteiger partial charge in [-0.3, -0.25) is 9.59 Å². The number of carbonyl (C=O) groups is 2. The third-order valence-electron chi connectivity index (χ3n) is 5.08. The monoisotopic (exact) mass is 480 g/mol. The maximum Gasteiger partial charge on any atom is 0.283 e. The van der Waals surface area contributed by atoms with Crippen LogP contribution in [-0.4, -0.2) is 26.0 Å². The molecule has 0 fully saturated rings. The third-order valence-corrected chi connectivity index (χ3v) is 6.58. The molecule has 168 valence electrons. The van der Waals surface area contributed by atoms with E-state index in [4.69, 9.17) is 21.1 Å². The SMILES string of the molecule is COc1ccc(OC)c(NC2=C(Sc3ccccc3)C(=O)N(c3ccc(C)c(Cl)c3)C2=O)c1. The first-order chi connectivity index (χ1) is 15.9. The Kier molecular flexibility index (Phi) is 6.62. The van der Waals surface area contributed by atoms with Gasteiger partial charge in [0.15, 0.2) is 0 Å². The molecule has 0 atom stereocenters. The van der Waals surface area contributed by atoms with Crippen LogP contribution in [0.1, 0.15) is 5.56 Å². The molecule has 1 aliphatic rings. The number of carbonyl (C=O) groups excluding carboxylic acids is 2. The maximum absolute atomic E-state index is 13.5. The highest BCUT2D eigenvalue weighted by molar-refractivity contribution is 8.04. The summed E-state index contributed by atoms with van der Waals surface area (Å²) < 4.78 is 10.7. The number of imide groups is 1. The largest absolute Gasteiger partial charge is 0.497 e. The van der Waals surface area contributed by atoms with Crippen LogP contribution in [0, 0.1) is 6.92 Å². The first kappa shape index (κ1) is 22.8. The van der Waals surface area contributed by atoms with E-state index in [0.29, 0.717) is 27.9 Å². The second-order valence-electron chi connectivity index (χ2n) is 7.19.